The zero-order valence-corrected chi connectivity index (χ0v) is 15.6. The second-order valence-corrected chi connectivity index (χ2v) is 6.80. The number of pyridine rings is 1. The molecule has 1 heterocycles. The Morgan fingerprint density at radius 2 is 1.81 bits per heavy atom. The van der Waals surface area contributed by atoms with E-state index in [2.05, 4.69) is 21.7 Å². The van der Waals surface area contributed by atoms with Gasteiger partial charge in [-0.15, -0.1) is 0 Å². The molecule has 0 atom stereocenters. The molecule has 5 heteroatoms. The molecule has 140 valence electrons. The zero-order chi connectivity index (χ0) is 19.1. The van der Waals surface area contributed by atoms with Crippen molar-refractivity contribution in [2.24, 2.45) is 0 Å². The minimum absolute atomic E-state index is 0.00240. The molecule has 0 aliphatic heterocycles. The molecule has 2 N–H and O–H groups in total. The maximum Gasteiger partial charge on any atom is 0.274 e. The number of amides is 1. The molecule has 5 nitrogen and oxygen atoms in total. The first-order valence-corrected chi connectivity index (χ1v) is 9.42. The fourth-order valence-corrected chi connectivity index (χ4v) is 3.12. The van der Waals surface area contributed by atoms with Crippen molar-refractivity contribution in [2.75, 3.05) is 17.2 Å². The highest BCUT2D eigenvalue weighted by Gasteiger charge is 2.09. The summed E-state index contributed by atoms with van der Waals surface area (Å²) < 4.78 is 0. The smallest absolute Gasteiger partial charge is 0.274 e. The van der Waals surface area contributed by atoms with Crippen LogP contribution < -0.4 is 10.6 Å². The normalized spacial score (nSPS) is 13.6. The molecule has 1 aliphatic rings. The Labute approximate surface area is 159 Å². The molecule has 2 aromatic rings. The highest BCUT2D eigenvalue weighted by molar-refractivity contribution is 6.03. The number of anilines is 2. The SMILES string of the molecule is CC(=O)c1ccc(NC(=O)c2ccc(NCCC3=CCCCC3)cn2)cc1. The lowest BCUT2D eigenvalue weighted by molar-refractivity contribution is 0.101. The van der Waals surface area contributed by atoms with Gasteiger partial charge in [0.2, 0.25) is 0 Å². The molecule has 1 aromatic carbocycles. The lowest BCUT2D eigenvalue weighted by Gasteiger charge is -2.13. The van der Waals surface area contributed by atoms with E-state index in [1.165, 1.54) is 38.2 Å². The second-order valence-electron chi connectivity index (χ2n) is 6.80. The Balaban J connectivity index is 1.50. The molecule has 0 bridgehead atoms. The summed E-state index contributed by atoms with van der Waals surface area (Å²) in [6.07, 6.45) is 10.1. The fraction of sp³-hybridized carbons (Fsp3) is 0.318. The Hall–Kier alpha value is -2.95. The quantitative estimate of drug-likeness (QED) is 0.545. The molecule has 0 saturated heterocycles. The summed E-state index contributed by atoms with van der Waals surface area (Å²) in [5.41, 5.74) is 4.05. The standard InChI is InChI=1S/C22H25N3O2/c1-16(26)18-7-9-19(10-8-18)25-22(27)21-12-11-20(15-24-21)23-14-13-17-5-3-2-4-6-17/h5,7-12,15,23H,2-4,6,13-14H2,1H3,(H,25,27). The van der Waals surface area contributed by atoms with E-state index in [9.17, 15) is 9.59 Å². The number of allylic oxidation sites excluding steroid dienone is 1. The van der Waals surface area contributed by atoms with Gasteiger partial charge in [-0.3, -0.25) is 9.59 Å². The van der Waals surface area contributed by atoms with Crippen LogP contribution in [-0.4, -0.2) is 23.2 Å². The van der Waals surface area contributed by atoms with Crippen molar-refractivity contribution in [3.05, 3.63) is 65.5 Å². The van der Waals surface area contributed by atoms with Crippen molar-refractivity contribution in [1.82, 2.24) is 4.98 Å². The van der Waals surface area contributed by atoms with Crippen molar-refractivity contribution in [3.63, 3.8) is 0 Å². The number of hydrogen-bond donors (Lipinski definition) is 2. The number of carbonyl (C=O) groups excluding carboxylic acids is 2. The third kappa shape index (κ3) is 5.51. The van der Waals surface area contributed by atoms with Crippen LogP contribution in [0.15, 0.2) is 54.2 Å². The third-order valence-corrected chi connectivity index (χ3v) is 4.71. The van der Waals surface area contributed by atoms with Gasteiger partial charge in [-0.1, -0.05) is 11.6 Å². The van der Waals surface area contributed by atoms with Crippen molar-refractivity contribution >= 4 is 23.1 Å². The molecule has 0 saturated carbocycles. The maximum absolute atomic E-state index is 12.3. The lowest BCUT2D eigenvalue weighted by atomic mass is 9.97. The number of carbonyl (C=O) groups is 2. The number of nitrogens with zero attached hydrogens (tertiary/aromatic N) is 1. The summed E-state index contributed by atoms with van der Waals surface area (Å²) in [7, 11) is 0. The van der Waals surface area contributed by atoms with Crippen molar-refractivity contribution in [3.8, 4) is 0 Å². The number of ketones is 1. The Morgan fingerprint density at radius 1 is 1.04 bits per heavy atom. The first kappa shape index (κ1) is 18.8. The molecular weight excluding hydrogens is 338 g/mol. The van der Waals surface area contributed by atoms with Crippen LogP contribution in [-0.2, 0) is 0 Å². The van der Waals surface area contributed by atoms with Crippen LogP contribution in [0.3, 0.4) is 0 Å². The van der Waals surface area contributed by atoms with Gasteiger partial charge in [-0.2, -0.15) is 0 Å². The van der Waals surface area contributed by atoms with E-state index in [-0.39, 0.29) is 11.7 Å². The highest BCUT2D eigenvalue weighted by Crippen LogP contribution is 2.20. The Bertz CT molecular complexity index is 824. The second kappa shape index (κ2) is 9.12. The van der Waals surface area contributed by atoms with E-state index in [4.69, 9.17) is 0 Å². The molecule has 1 aliphatic carbocycles. The van der Waals surface area contributed by atoms with E-state index in [0.717, 1.165) is 18.7 Å². The number of benzene rings is 1. The summed E-state index contributed by atoms with van der Waals surface area (Å²) >= 11 is 0. The highest BCUT2D eigenvalue weighted by atomic mass is 16.2. The van der Waals surface area contributed by atoms with Crippen LogP contribution in [0.5, 0.6) is 0 Å². The summed E-state index contributed by atoms with van der Waals surface area (Å²) in [5.74, 6) is -0.276. The number of aromatic nitrogens is 1. The summed E-state index contributed by atoms with van der Waals surface area (Å²) in [6.45, 7) is 2.39. The van der Waals surface area contributed by atoms with E-state index < -0.39 is 0 Å². The van der Waals surface area contributed by atoms with Gasteiger partial charge in [0.1, 0.15) is 5.69 Å². The molecule has 3 rings (SSSR count). The van der Waals surface area contributed by atoms with Gasteiger partial charge in [-0.25, -0.2) is 4.98 Å². The molecule has 1 aromatic heterocycles. The van der Waals surface area contributed by atoms with E-state index in [0.29, 0.717) is 16.9 Å². The zero-order valence-electron chi connectivity index (χ0n) is 15.6. The number of Topliss-reactive ketones (excluding diaryl/α,β-unsaturated/α-hetero) is 1. The number of hydrogen-bond acceptors (Lipinski definition) is 4. The monoisotopic (exact) mass is 363 g/mol. The van der Waals surface area contributed by atoms with E-state index in [1.807, 2.05) is 6.07 Å². The van der Waals surface area contributed by atoms with E-state index >= 15 is 0 Å². The Morgan fingerprint density at radius 3 is 2.44 bits per heavy atom. The summed E-state index contributed by atoms with van der Waals surface area (Å²) in [4.78, 5) is 27.8. The van der Waals surface area contributed by atoms with Gasteiger partial charge in [-0.05, 0) is 75.4 Å². The third-order valence-electron chi connectivity index (χ3n) is 4.71. The van der Waals surface area contributed by atoms with Crippen LogP contribution in [0.2, 0.25) is 0 Å². The molecule has 0 unspecified atom stereocenters. The first-order chi connectivity index (χ1) is 13.1. The fourth-order valence-electron chi connectivity index (χ4n) is 3.12. The predicted octanol–water partition coefficient (Wildman–Crippen LogP) is 4.84. The predicted molar refractivity (Wildman–Crippen MR) is 108 cm³/mol. The first-order valence-electron chi connectivity index (χ1n) is 9.42. The van der Waals surface area contributed by atoms with Crippen LogP contribution in [0.1, 0.15) is 59.9 Å². The number of rotatable bonds is 7. The molecule has 0 spiro atoms. The van der Waals surface area contributed by atoms with Crippen molar-refractivity contribution in [2.45, 2.75) is 39.0 Å². The van der Waals surface area contributed by atoms with Crippen LogP contribution in [0, 0.1) is 0 Å². The van der Waals surface area contributed by atoms with Crippen LogP contribution in [0.25, 0.3) is 0 Å². The molecule has 0 fully saturated rings. The van der Waals surface area contributed by atoms with Gasteiger partial charge in [0.05, 0.1) is 11.9 Å². The van der Waals surface area contributed by atoms with Crippen molar-refractivity contribution < 1.29 is 9.59 Å². The van der Waals surface area contributed by atoms with Crippen molar-refractivity contribution in [1.29, 1.82) is 0 Å². The largest absolute Gasteiger partial charge is 0.383 e. The van der Waals surface area contributed by atoms with Crippen LogP contribution >= 0.6 is 0 Å². The maximum atomic E-state index is 12.3. The molecule has 27 heavy (non-hydrogen) atoms. The average Bonchev–Trinajstić information content (AvgIpc) is 2.70. The summed E-state index contributed by atoms with van der Waals surface area (Å²) in [6, 6.07) is 10.4. The topological polar surface area (TPSA) is 71.1 Å². The lowest BCUT2D eigenvalue weighted by Crippen LogP contribution is -2.14. The van der Waals surface area contributed by atoms with Gasteiger partial charge in [0.25, 0.3) is 5.91 Å². The van der Waals surface area contributed by atoms with Gasteiger partial charge < -0.3 is 10.6 Å². The van der Waals surface area contributed by atoms with E-state index in [1.54, 1.807) is 36.5 Å². The Kier molecular flexibility index (Phi) is 6.36. The summed E-state index contributed by atoms with van der Waals surface area (Å²) in [5, 5.41) is 6.15. The number of nitrogens with one attached hydrogen (secondary N) is 2. The average molecular weight is 363 g/mol. The minimum Gasteiger partial charge on any atom is -0.383 e. The minimum atomic E-state index is -0.274. The molecule has 1 amide bonds. The van der Waals surface area contributed by atoms with Gasteiger partial charge >= 0.3 is 0 Å². The molecular formula is C22H25N3O2. The van der Waals surface area contributed by atoms with Gasteiger partial charge in [0, 0.05) is 17.8 Å². The molecule has 0 radical (unpaired) electrons. The van der Waals surface area contributed by atoms with Gasteiger partial charge in [0.15, 0.2) is 5.78 Å². The van der Waals surface area contributed by atoms with Crippen LogP contribution in [0.4, 0.5) is 11.4 Å².